The summed E-state index contributed by atoms with van der Waals surface area (Å²) in [5.74, 6) is 0.733. The van der Waals surface area contributed by atoms with Crippen LogP contribution in [0.25, 0.3) is 10.1 Å². The molecule has 80 valence electrons. The van der Waals surface area contributed by atoms with E-state index in [0.717, 1.165) is 17.8 Å². The van der Waals surface area contributed by atoms with Crippen molar-refractivity contribution >= 4 is 21.4 Å². The summed E-state index contributed by atoms with van der Waals surface area (Å²) in [5, 5.41) is 6.24. The molecule has 1 unspecified atom stereocenters. The second-order valence-corrected chi connectivity index (χ2v) is 4.38. The van der Waals surface area contributed by atoms with Crippen molar-refractivity contribution in [1.82, 2.24) is 10.3 Å². The topological polar surface area (TPSA) is 34.1 Å². The van der Waals surface area contributed by atoms with Gasteiger partial charge in [-0.15, -0.1) is 11.3 Å². The van der Waals surface area contributed by atoms with Crippen LogP contribution in [0.15, 0.2) is 23.7 Å². The number of fused-ring (bicyclic) bond motifs is 1. The first-order valence-electron chi connectivity index (χ1n) is 4.94. The molecule has 0 aliphatic carbocycles. The normalized spacial score (nSPS) is 12.9. The van der Waals surface area contributed by atoms with Crippen LogP contribution < -0.4 is 10.1 Å². The SMILES string of the molecule is CNCC(C)Oc1nccc2sccc12. The van der Waals surface area contributed by atoms with Gasteiger partial charge in [-0.05, 0) is 31.5 Å². The average Bonchev–Trinajstić information content (AvgIpc) is 2.67. The zero-order chi connectivity index (χ0) is 10.7. The van der Waals surface area contributed by atoms with Gasteiger partial charge in [-0.3, -0.25) is 0 Å². The number of nitrogens with one attached hydrogen (secondary N) is 1. The molecule has 0 aromatic carbocycles. The number of nitrogens with zero attached hydrogens (tertiary/aromatic N) is 1. The van der Waals surface area contributed by atoms with Gasteiger partial charge in [0.15, 0.2) is 0 Å². The van der Waals surface area contributed by atoms with Crippen molar-refractivity contribution < 1.29 is 4.74 Å². The fraction of sp³-hybridized carbons (Fsp3) is 0.364. The predicted molar refractivity (Wildman–Crippen MR) is 63.6 cm³/mol. The van der Waals surface area contributed by atoms with Crippen molar-refractivity contribution in [2.45, 2.75) is 13.0 Å². The quantitative estimate of drug-likeness (QED) is 0.861. The highest BCUT2D eigenvalue weighted by Gasteiger charge is 2.08. The minimum atomic E-state index is 0.132. The Bertz CT molecular complexity index is 441. The monoisotopic (exact) mass is 222 g/mol. The van der Waals surface area contributed by atoms with E-state index in [1.807, 2.05) is 20.0 Å². The molecule has 2 aromatic rings. The highest BCUT2D eigenvalue weighted by atomic mass is 32.1. The van der Waals surface area contributed by atoms with Crippen LogP contribution >= 0.6 is 11.3 Å². The number of rotatable bonds is 4. The minimum absolute atomic E-state index is 0.132. The van der Waals surface area contributed by atoms with Crippen LogP contribution in [0.4, 0.5) is 0 Å². The molecular weight excluding hydrogens is 208 g/mol. The Kier molecular flexibility index (Phi) is 3.18. The van der Waals surface area contributed by atoms with E-state index in [0.29, 0.717) is 0 Å². The van der Waals surface area contributed by atoms with Gasteiger partial charge in [0, 0.05) is 17.4 Å². The maximum absolute atomic E-state index is 5.76. The summed E-state index contributed by atoms with van der Waals surface area (Å²) in [4.78, 5) is 4.26. The maximum Gasteiger partial charge on any atom is 0.222 e. The second kappa shape index (κ2) is 4.59. The molecule has 0 bridgehead atoms. The van der Waals surface area contributed by atoms with Crippen molar-refractivity contribution in [3.05, 3.63) is 23.7 Å². The minimum Gasteiger partial charge on any atom is -0.473 e. The van der Waals surface area contributed by atoms with Crippen molar-refractivity contribution in [3.8, 4) is 5.88 Å². The molecule has 2 heterocycles. The lowest BCUT2D eigenvalue weighted by Crippen LogP contribution is -2.26. The van der Waals surface area contributed by atoms with Crippen LogP contribution in [0.2, 0.25) is 0 Å². The van der Waals surface area contributed by atoms with E-state index in [9.17, 15) is 0 Å². The van der Waals surface area contributed by atoms with Gasteiger partial charge in [0.05, 0.1) is 5.39 Å². The van der Waals surface area contributed by atoms with Gasteiger partial charge in [-0.1, -0.05) is 0 Å². The summed E-state index contributed by atoms with van der Waals surface area (Å²) >= 11 is 1.71. The van der Waals surface area contributed by atoms with E-state index in [1.165, 1.54) is 4.70 Å². The van der Waals surface area contributed by atoms with Crippen molar-refractivity contribution in [1.29, 1.82) is 0 Å². The molecule has 0 aliphatic rings. The molecule has 0 saturated heterocycles. The Balaban J connectivity index is 2.23. The molecule has 4 heteroatoms. The first-order valence-corrected chi connectivity index (χ1v) is 5.82. The summed E-state index contributed by atoms with van der Waals surface area (Å²) < 4.78 is 6.98. The molecule has 1 atom stereocenters. The Morgan fingerprint density at radius 1 is 1.53 bits per heavy atom. The number of thiophene rings is 1. The summed E-state index contributed by atoms with van der Waals surface area (Å²) in [5.41, 5.74) is 0. The number of hydrogen-bond acceptors (Lipinski definition) is 4. The van der Waals surface area contributed by atoms with Gasteiger partial charge >= 0.3 is 0 Å². The van der Waals surface area contributed by atoms with E-state index in [4.69, 9.17) is 4.74 Å². The number of likely N-dealkylation sites (N-methyl/N-ethyl adjacent to an activating group) is 1. The summed E-state index contributed by atoms with van der Waals surface area (Å²) in [6.45, 7) is 2.85. The largest absolute Gasteiger partial charge is 0.473 e. The third-order valence-electron chi connectivity index (χ3n) is 2.15. The molecule has 2 rings (SSSR count). The molecule has 2 aromatic heterocycles. The van der Waals surface area contributed by atoms with Gasteiger partial charge in [0.2, 0.25) is 5.88 Å². The van der Waals surface area contributed by atoms with Gasteiger partial charge in [0.1, 0.15) is 6.10 Å². The Morgan fingerprint density at radius 2 is 2.40 bits per heavy atom. The summed E-state index contributed by atoms with van der Waals surface area (Å²) in [6, 6.07) is 4.06. The lowest BCUT2D eigenvalue weighted by Gasteiger charge is -2.13. The molecule has 0 amide bonds. The lowest BCUT2D eigenvalue weighted by atomic mass is 10.3. The van der Waals surface area contributed by atoms with E-state index in [-0.39, 0.29) is 6.10 Å². The van der Waals surface area contributed by atoms with Crippen molar-refractivity contribution in [2.75, 3.05) is 13.6 Å². The Labute approximate surface area is 93.1 Å². The van der Waals surface area contributed by atoms with Crippen LogP contribution in [0.5, 0.6) is 5.88 Å². The number of hydrogen-bond donors (Lipinski definition) is 1. The smallest absolute Gasteiger partial charge is 0.222 e. The third-order valence-corrected chi connectivity index (χ3v) is 3.03. The molecule has 0 fully saturated rings. The standard InChI is InChI=1S/C11H14N2OS/c1-8(7-12-2)14-11-9-4-6-15-10(9)3-5-13-11/h3-6,8,12H,7H2,1-2H3. The molecule has 0 aliphatic heterocycles. The Morgan fingerprint density at radius 3 is 3.20 bits per heavy atom. The average molecular weight is 222 g/mol. The lowest BCUT2D eigenvalue weighted by molar-refractivity contribution is 0.215. The first-order chi connectivity index (χ1) is 7.31. The molecule has 15 heavy (non-hydrogen) atoms. The second-order valence-electron chi connectivity index (χ2n) is 3.43. The molecule has 1 N–H and O–H groups in total. The first kappa shape index (κ1) is 10.4. The van der Waals surface area contributed by atoms with Crippen molar-refractivity contribution in [2.24, 2.45) is 0 Å². The van der Waals surface area contributed by atoms with Crippen LogP contribution in [0.1, 0.15) is 6.92 Å². The van der Waals surface area contributed by atoms with Crippen LogP contribution in [-0.4, -0.2) is 24.7 Å². The highest BCUT2D eigenvalue weighted by molar-refractivity contribution is 7.17. The van der Waals surface area contributed by atoms with E-state index >= 15 is 0 Å². The molecule has 3 nitrogen and oxygen atoms in total. The van der Waals surface area contributed by atoms with Crippen LogP contribution in [-0.2, 0) is 0 Å². The van der Waals surface area contributed by atoms with E-state index in [2.05, 4.69) is 21.7 Å². The van der Waals surface area contributed by atoms with Crippen LogP contribution in [0.3, 0.4) is 0 Å². The maximum atomic E-state index is 5.76. The van der Waals surface area contributed by atoms with Gasteiger partial charge in [-0.2, -0.15) is 0 Å². The molecule has 0 spiro atoms. The molecule has 0 saturated carbocycles. The zero-order valence-corrected chi connectivity index (χ0v) is 9.67. The molecule has 0 radical (unpaired) electrons. The highest BCUT2D eigenvalue weighted by Crippen LogP contribution is 2.27. The van der Waals surface area contributed by atoms with Gasteiger partial charge in [-0.25, -0.2) is 4.98 Å². The Hall–Kier alpha value is -1.13. The zero-order valence-electron chi connectivity index (χ0n) is 8.86. The van der Waals surface area contributed by atoms with Gasteiger partial charge < -0.3 is 10.1 Å². The third kappa shape index (κ3) is 2.27. The number of ether oxygens (including phenoxy) is 1. The van der Waals surface area contributed by atoms with Gasteiger partial charge in [0.25, 0.3) is 0 Å². The van der Waals surface area contributed by atoms with E-state index in [1.54, 1.807) is 17.5 Å². The number of pyridine rings is 1. The fourth-order valence-corrected chi connectivity index (χ4v) is 2.26. The molecular formula is C11H14N2OS. The fourth-order valence-electron chi connectivity index (χ4n) is 1.48. The summed E-state index contributed by atoms with van der Waals surface area (Å²) in [7, 11) is 1.92. The predicted octanol–water partition coefficient (Wildman–Crippen LogP) is 2.28. The van der Waals surface area contributed by atoms with E-state index < -0.39 is 0 Å². The number of aromatic nitrogens is 1. The van der Waals surface area contributed by atoms with Crippen molar-refractivity contribution in [3.63, 3.8) is 0 Å². The summed E-state index contributed by atoms with van der Waals surface area (Å²) in [6.07, 6.45) is 1.92. The van der Waals surface area contributed by atoms with Crippen LogP contribution in [0, 0.1) is 0 Å².